The molecule has 0 aliphatic heterocycles. The zero-order valence-corrected chi connectivity index (χ0v) is 12.3. The van der Waals surface area contributed by atoms with Crippen LogP contribution in [0.15, 0.2) is 42.5 Å². The molecule has 21 heavy (non-hydrogen) atoms. The molecule has 0 spiro atoms. The van der Waals surface area contributed by atoms with Crippen molar-refractivity contribution in [3.8, 4) is 11.5 Å². The number of phenolic OH excluding ortho intramolecular Hbond substituents is 1. The molecular formula is C16H15ClO4. The normalized spacial score (nSPS) is 10.2. The first kappa shape index (κ1) is 15.2. The maximum atomic E-state index is 11.8. The first-order valence-corrected chi connectivity index (χ1v) is 6.79. The molecule has 0 unspecified atom stereocenters. The first-order valence-electron chi connectivity index (χ1n) is 6.41. The minimum absolute atomic E-state index is 0.0399. The number of halogens is 1. The van der Waals surface area contributed by atoms with E-state index >= 15 is 0 Å². The van der Waals surface area contributed by atoms with Gasteiger partial charge in [-0.3, -0.25) is 0 Å². The van der Waals surface area contributed by atoms with Gasteiger partial charge in [-0.1, -0.05) is 23.7 Å². The lowest BCUT2D eigenvalue weighted by atomic mass is 10.2. The summed E-state index contributed by atoms with van der Waals surface area (Å²) in [5, 5.41) is 9.94. The standard InChI is InChI=1S/C16H15ClO4/c1-11-3-2-4-13(9-11)20-7-8-21-16(19)14-10-12(17)5-6-15(14)18/h2-6,9-10,18H,7-8H2,1H3. The summed E-state index contributed by atoms with van der Waals surface area (Å²) in [4.78, 5) is 11.8. The number of hydrogen-bond acceptors (Lipinski definition) is 4. The number of ether oxygens (including phenoxy) is 2. The van der Waals surface area contributed by atoms with Gasteiger partial charge in [0, 0.05) is 5.02 Å². The molecule has 0 heterocycles. The maximum Gasteiger partial charge on any atom is 0.342 e. The maximum absolute atomic E-state index is 11.8. The van der Waals surface area contributed by atoms with Crippen molar-refractivity contribution < 1.29 is 19.4 Å². The van der Waals surface area contributed by atoms with Crippen LogP contribution in [0.2, 0.25) is 5.02 Å². The highest BCUT2D eigenvalue weighted by Gasteiger charge is 2.13. The number of phenols is 1. The third kappa shape index (κ3) is 4.39. The van der Waals surface area contributed by atoms with Crippen molar-refractivity contribution in [2.24, 2.45) is 0 Å². The molecule has 4 nitrogen and oxygen atoms in total. The molecule has 0 atom stereocenters. The van der Waals surface area contributed by atoms with Gasteiger partial charge in [-0.15, -0.1) is 0 Å². The smallest absolute Gasteiger partial charge is 0.342 e. The number of hydrogen-bond donors (Lipinski definition) is 1. The highest BCUT2D eigenvalue weighted by molar-refractivity contribution is 6.31. The van der Waals surface area contributed by atoms with Crippen LogP contribution in [0.5, 0.6) is 11.5 Å². The summed E-state index contributed by atoms with van der Waals surface area (Å²) in [5.74, 6) is -0.0801. The van der Waals surface area contributed by atoms with Gasteiger partial charge in [0.2, 0.25) is 0 Å². The molecule has 2 rings (SSSR count). The van der Waals surface area contributed by atoms with Crippen molar-refractivity contribution in [2.75, 3.05) is 13.2 Å². The van der Waals surface area contributed by atoms with E-state index in [-0.39, 0.29) is 24.5 Å². The summed E-state index contributed by atoms with van der Waals surface area (Å²) in [6.45, 7) is 2.28. The average Bonchev–Trinajstić information content (AvgIpc) is 2.46. The van der Waals surface area contributed by atoms with Crippen molar-refractivity contribution in [3.05, 3.63) is 58.6 Å². The largest absolute Gasteiger partial charge is 0.507 e. The predicted molar refractivity (Wildman–Crippen MR) is 80.1 cm³/mol. The molecule has 0 saturated carbocycles. The van der Waals surface area contributed by atoms with E-state index in [1.54, 1.807) is 0 Å². The van der Waals surface area contributed by atoms with Crippen LogP contribution in [-0.2, 0) is 4.74 Å². The Morgan fingerprint density at radius 3 is 2.76 bits per heavy atom. The lowest BCUT2D eigenvalue weighted by molar-refractivity contribution is 0.0447. The van der Waals surface area contributed by atoms with E-state index < -0.39 is 5.97 Å². The van der Waals surface area contributed by atoms with Crippen LogP contribution in [0.1, 0.15) is 15.9 Å². The van der Waals surface area contributed by atoms with Gasteiger partial charge >= 0.3 is 5.97 Å². The number of esters is 1. The van der Waals surface area contributed by atoms with E-state index in [2.05, 4.69) is 0 Å². The number of rotatable bonds is 5. The van der Waals surface area contributed by atoms with Gasteiger partial charge in [0.25, 0.3) is 0 Å². The second-order valence-electron chi connectivity index (χ2n) is 4.46. The lowest BCUT2D eigenvalue weighted by Crippen LogP contribution is -2.12. The third-order valence-electron chi connectivity index (χ3n) is 2.75. The summed E-state index contributed by atoms with van der Waals surface area (Å²) in [6, 6.07) is 11.8. The summed E-state index contributed by atoms with van der Waals surface area (Å²) in [7, 11) is 0. The fourth-order valence-electron chi connectivity index (χ4n) is 1.75. The molecule has 2 aromatic carbocycles. The van der Waals surface area contributed by atoms with Crippen LogP contribution < -0.4 is 4.74 Å². The molecule has 0 aliphatic carbocycles. The molecule has 0 amide bonds. The Morgan fingerprint density at radius 2 is 2.00 bits per heavy atom. The number of carbonyl (C=O) groups is 1. The monoisotopic (exact) mass is 306 g/mol. The van der Waals surface area contributed by atoms with Gasteiger partial charge in [-0.25, -0.2) is 4.79 Å². The van der Waals surface area contributed by atoms with E-state index in [1.165, 1.54) is 18.2 Å². The van der Waals surface area contributed by atoms with Crippen molar-refractivity contribution in [1.29, 1.82) is 0 Å². The van der Waals surface area contributed by atoms with Gasteiger partial charge in [0.15, 0.2) is 0 Å². The zero-order chi connectivity index (χ0) is 15.2. The second-order valence-corrected chi connectivity index (χ2v) is 4.90. The van der Waals surface area contributed by atoms with Crippen LogP contribution >= 0.6 is 11.6 Å². The Kier molecular flexibility index (Phi) is 5.06. The minimum atomic E-state index is -0.636. The van der Waals surface area contributed by atoms with E-state index in [0.29, 0.717) is 5.02 Å². The fourth-order valence-corrected chi connectivity index (χ4v) is 1.92. The van der Waals surface area contributed by atoms with Gasteiger partial charge < -0.3 is 14.6 Å². The molecule has 2 aromatic rings. The number of aryl methyl sites for hydroxylation is 1. The van der Waals surface area contributed by atoms with Crippen LogP contribution in [-0.4, -0.2) is 24.3 Å². The molecule has 0 aromatic heterocycles. The molecule has 110 valence electrons. The van der Waals surface area contributed by atoms with Crippen molar-refractivity contribution in [1.82, 2.24) is 0 Å². The number of benzene rings is 2. The van der Waals surface area contributed by atoms with Gasteiger partial charge in [-0.05, 0) is 42.8 Å². The van der Waals surface area contributed by atoms with Crippen LogP contribution in [0.3, 0.4) is 0 Å². The first-order chi connectivity index (χ1) is 10.1. The molecule has 0 saturated heterocycles. The molecule has 0 bridgehead atoms. The summed E-state index contributed by atoms with van der Waals surface area (Å²) in [6.07, 6.45) is 0. The van der Waals surface area contributed by atoms with E-state index in [4.69, 9.17) is 21.1 Å². The molecule has 0 fully saturated rings. The van der Waals surface area contributed by atoms with Crippen LogP contribution in [0.25, 0.3) is 0 Å². The van der Waals surface area contributed by atoms with E-state index in [0.717, 1.165) is 11.3 Å². The lowest BCUT2D eigenvalue weighted by Gasteiger charge is -2.09. The van der Waals surface area contributed by atoms with E-state index in [1.807, 2.05) is 31.2 Å². The zero-order valence-electron chi connectivity index (χ0n) is 11.5. The number of carbonyl (C=O) groups excluding carboxylic acids is 1. The molecular weight excluding hydrogens is 292 g/mol. The number of aromatic hydroxyl groups is 1. The van der Waals surface area contributed by atoms with Crippen molar-refractivity contribution >= 4 is 17.6 Å². The van der Waals surface area contributed by atoms with Gasteiger partial charge in [0.1, 0.15) is 30.3 Å². The third-order valence-corrected chi connectivity index (χ3v) is 2.99. The Bertz CT molecular complexity index is 640. The van der Waals surface area contributed by atoms with Crippen LogP contribution in [0.4, 0.5) is 0 Å². The fraction of sp³-hybridized carbons (Fsp3) is 0.188. The highest BCUT2D eigenvalue weighted by Crippen LogP contribution is 2.22. The molecule has 5 heteroatoms. The van der Waals surface area contributed by atoms with E-state index in [9.17, 15) is 9.90 Å². The Hall–Kier alpha value is -2.20. The van der Waals surface area contributed by atoms with Gasteiger partial charge in [0.05, 0.1) is 0 Å². The average molecular weight is 307 g/mol. The van der Waals surface area contributed by atoms with Crippen LogP contribution in [0, 0.1) is 6.92 Å². The Morgan fingerprint density at radius 1 is 1.19 bits per heavy atom. The minimum Gasteiger partial charge on any atom is -0.507 e. The molecule has 0 radical (unpaired) electrons. The molecule has 0 aliphatic rings. The SMILES string of the molecule is Cc1cccc(OCCOC(=O)c2cc(Cl)ccc2O)c1. The Labute approximate surface area is 127 Å². The van der Waals surface area contributed by atoms with Gasteiger partial charge in [-0.2, -0.15) is 0 Å². The summed E-state index contributed by atoms with van der Waals surface area (Å²) in [5.41, 5.74) is 1.13. The van der Waals surface area contributed by atoms with Crippen molar-refractivity contribution in [2.45, 2.75) is 6.92 Å². The second kappa shape index (κ2) is 6.99. The molecule has 1 N–H and O–H groups in total. The topological polar surface area (TPSA) is 55.8 Å². The summed E-state index contributed by atoms with van der Waals surface area (Å²) >= 11 is 5.77. The summed E-state index contributed by atoms with van der Waals surface area (Å²) < 4.78 is 10.5. The Balaban J connectivity index is 1.83. The highest BCUT2D eigenvalue weighted by atomic mass is 35.5. The quantitative estimate of drug-likeness (QED) is 0.677. The predicted octanol–water partition coefficient (Wildman–Crippen LogP) is 3.59. The van der Waals surface area contributed by atoms with Crippen molar-refractivity contribution in [3.63, 3.8) is 0 Å².